The van der Waals surface area contributed by atoms with Gasteiger partial charge in [0.15, 0.2) is 0 Å². The largest absolute Gasteiger partial charge is 0.0843 e. The van der Waals surface area contributed by atoms with Gasteiger partial charge in [-0.15, -0.1) is 0 Å². The Morgan fingerprint density at radius 2 is 2.00 bits per heavy atom. The highest BCUT2D eigenvalue weighted by Gasteiger charge is 2.21. The smallest absolute Gasteiger partial charge is 0.0202 e. The van der Waals surface area contributed by atoms with Crippen molar-refractivity contribution in [1.82, 2.24) is 0 Å². The molecule has 0 radical (unpaired) electrons. The summed E-state index contributed by atoms with van der Waals surface area (Å²) < 4.78 is 0. The molecule has 0 aromatic rings. The molecule has 0 bridgehead atoms. The Bertz CT molecular complexity index is 234. The number of allylic oxidation sites excluding steroid dienone is 4. The van der Waals surface area contributed by atoms with Crippen molar-refractivity contribution in [3.63, 3.8) is 0 Å². The van der Waals surface area contributed by atoms with Crippen LogP contribution in [0.4, 0.5) is 0 Å². The van der Waals surface area contributed by atoms with E-state index in [9.17, 15) is 0 Å². The molecule has 1 aliphatic carbocycles. The maximum absolute atomic E-state index is 2.48. The topological polar surface area (TPSA) is 0 Å². The average molecular weight is 206 g/mol. The van der Waals surface area contributed by atoms with E-state index in [1.165, 1.54) is 31.3 Å². The molecule has 0 heterocycles. The SMILES string of the molecule is CCC1C=C(C)C=CCCC(CC)C1C. The van der Waals surface area contributed by atoms with Crippen molar-refractivity contribution in [2.75, 3.05) is 0 Å². The fraction of sp³-hybridized carbons (Fsp3) is 0.733. The predicted octanol–water partition coefficient (Wildman–Crippen LogP) is 4.97. The Labute approximate surface area is 95.5 Å². The molecule has 0 aromatic heterocycles. The minimum atomic E-state index is 0.776. The van der Waals surface area contributed by atoms with Crippen LogP contribution < -0.4 is 0 Å². The van der Waals surface area contributed by atoms with Crippen LogP contribution in [0, 0.1) is 17.8 Å². The summed E-state index contributed by atoms with van der Waals surface area (Å²) in [6.45, 7) is 9.33. The van der Waals surface area contributed by atoms with E-state index in [4.69, 9.17) is 0 Å². The van der Waals surface area contributed by atoms with Crippen molar-refractivity contribution in [3.05, 3.63) is 23.8 Å². The van der Waals surface area contributed by atoms with Crippen LogP contribution in [0.1, 0.15) is 53.4 Å². The zero-order chi connectivity index (χ0) is 11.3. The molecule has 1 rings (SSSR count). The van der Waals surface area contributed by atoms with Crippen LogP contribution in [0.5, 0.6) is 0 Å². The molecule has 0 spiro atoms. The van der Waals surface area contributed by atoms with E-state index < -0.39 is 0 Å². The van der Waals surface area contributed by atoms with Crippen LogP contribution >= 0.6 is 0 Å². The van der Waals surface area contributed by atoms with Gasteiger partial charge in [0, 0.05) is 0 Å². The minimum absolute atomic E-state index is 0.776. The molecule has 0 aliphatic heterocycles. The van der Waals surface area contributed by atoms with Crippen molar-refractivity contribution in [2.45, 2.75) is 53.4 Å². The first-order valence-corrected chi connectivity index (χ1v) is 6.54. The first-order valence-electron chi connectivity index (χ1n) is 6.54. The molecule has 0 saturated heterocycles. The van der Waals surface area contributed by atoms with E-state index in [1.807, 2.05) is 0 Å². The van der Waals surface area contributed by atoms with Crippen molar-refractivity contribution >= 4 is 0 Å². The van der Waals surface area contributed by atoms with Gasteiger partial charge in [0.1, 0.15) is 0 Å². The van der Waals surface area contributed by atoms with Crippen LogP contribution in [-0.2, 0) is 0 Å². The Hall–Kier alpha value is -0.520. The quantitative estimate of drug-likeness (QED) is 0.598. The Balaban J connectivity index is 2.84. The van der Waals surface area contributed by atoms with Gasteiger partial charge in [0.05, 0.1) is 0 Å². The summed E-state index contributed by atoms with van der Waals surface area (Å²) in [4.78, 5) is 0. The van der Waals surface area contributed by atoms with E-state index in [0.29, 0.717) is 0 Å². The Morgan fingerprint density at radius 1 is 1.27 bits per heavy atom. The van der Waals surface area contributed by atoms with Crippen LogP contribution in [-0.4, -0.2) is 0 Å². The highest BCUT2D eigenvalue weighted by Crippen LogP contribution is 2.32. The summed E-state index contributed by atoms with van der Waals surface area (Å²) in [5.41, 5.74) is 1.45. The lowest BCUT2D eigenvalue weighted by Crippen LogP contribution is -2.18. The van der Waals surface area contributed by atoms with Gasteiger partial charge in [-0.1, -0.05) is 51.0 Å². The van der Waals surface area contributed by atoms with Gasteiger partial charge >= 0.3 is 0 Å². The zero-order valence-corrected chi connectivity index (χ0v) is 10.8. The molecule has 0 N–H and O–H groups in total. The zero-order valence-electron chi connectivity index (χ0n) is 10.8. The number of hydrogen-bond acceptors (Lipinski definition) is 0. The lowest BCUT2D eigenvalue weighted by atomic mass is 9.78. The van der Waals surface area contributed by atoms with E-state index in [0.717, 1.165) is 17.8 Å². The summed E-state index contributed by atoms with van der Waals surface area (Å²) in [5.74, 6) is 2.52. The van der Waals surface area contributed by atoms with Gasteiger partial charge in [-0.3, -0.25) is 0 Å². The fourth-order valence-electron chi connectivity index (χ4n) is 2.80. The van der Waals surface area contributed by atoms with Gasteiger partial charge in [-0.2, -0.15) is 0 Å². The fourth-order valence-corrected chi connectivity index (χ4v) is 2.80. The molecule has 15 heavy (non-hydrogen) atoms. The molecule has 0 aromatic carbocycles. The highest BCUT2D eigenvalue weighted by atomic mass is 14.3. The van der Waals surface area contributed by atoms with E-state index >= 15 is 0 Å². The Kier molecular flexibility index (Phi) is 5.14. The molecule has 0 nitrogen and oxygen atoms in total. The monoisotopic (exact) mass is 206 g/mol. The van der Waals surface area contributed by atoms with Gasteiger partial charge in [0.2, 0.25) is 0 Å². The third-order valence-corrected chi connectivity index (χ3v) is 3.98. The molecule has 1 aliphatic rings. The minimum Gasteiger partial charge on any atom is -0.0843 e. The first kappa shape index (κ1) is 12.5. The standard InChI is InChI=1S/C15H26/c1-5-14-10-8-7-9-12(3)11-15(6-2)13(14)4/h7,9,11,13-15H,5-6,8,10H2,1-4H3. The van der Waals surface area contributed by atoms with Gasteiger partial charge < -0.3 is 0 Å². The summed E-state index contributed by atoms with van der Waals surface area (Å²) in [6, 6.07) is 0. The number of rotatable bonds is 2. The highest BCUT2D eigenvalue weighted by molar-refractivity contribution is 5.18. The first-order chi connectivity index (χ1) is 7.19. The van der Waals surface area contributed by atoms with Crippen LogP contribution in [0.3, 0.4) is 0 Å². The summed E-state index contributed by atoms with van der Waals surface area (Å²) >= 11 is 0. The maximum atomic E-state index is 2.48. The predicted molar refractivity (Wildman–Crippen MR) is 68.9 cm³/mol. The van der Waals surface area contributed by atoms with Crippen molar-refractivity contribution in [1.29, 1.82) is 0 Å². The second-order valence-corrected chi connectivity index (χ2v) is 4.99. The van der Waals surface area contributed by atoms with Crippen LogP contribution in [0.15, 0.2) is 23.8 Å². The molecule has 3 unspecified atom stereocenters. The van der Waals surface area contributed by atoms with E-state index in [1.54, 1.807) is 0 Å². The average Bonchev–Trinajstić information content (AvgIpc) is 2.30. The molecule has 0 fully saturated rings. The van der Waals surface area contributed by atoms with Gasteiger partial charge in [-0.05, 0) is 43.9 Å². The normalized spacial score (nSPS) is 32.8. The van der Waals surface area contributed by atoms with Crippen LogP contribution in [0.25, 0.3) is 0 Å². The third-order valence-electron chi connectivity index (χ3n) is 3.98. The molecular formula is C15H26. The van der Waals surface area contributed by atoms with Crippen molar-refractivity contribution in [2.24, 2.45) is 17.8 Å². The second kappa shape index (κ2) is 6.15. The summed E-state index contributed by atoms with van der Waals surface area (Å²) in [5, 5.41) is 0. The molecular weight excluding hydrogens is 180 g/mol. The van der Waals surface area contributed by atoms with Crippen molar-refractivity contribution < 1.29 is 0 Å². The summed E-state index contributed by atoms with van der Waals surface area (Å²) in [6.07, 6.45) is 12.4. The van der Waals surface area contributed by atoms with Gasteiger partial charge in [-0.25, -0.2) is 0 Å². The van der Waals surface area contributed by atoms with Crippen LogP contribution in [0.2, 0.25) is 0 Å². The molecule has 3 atom stereocenters. The maximum Gasteiger partial charge on any atom is -0.0202 e. The molecule has 86 valence electrons. The van der Waals surface area contributed by atoms with E-state index in [2.05, 4.69) is 45.9 Å². The lowest BCUT2D eigenvalue weighted by molar-refractivity contribution is 0.258. The third kappa shape index (κ3) is 3.52. The van der Waals surface area contributed by atoms with E-state index in [-0.39, 0.29) is 0 Å². The molecule has 0 amide bonds. The lowest BCUT2D eigenvalue weighted by Gasteiger charge is -2.28. The number of hydrogen-bond donors (Lipinski definition) is 0. The molecule has 0 saturated carbocycles. The second-order valence-electron chi connectivity index (χ2n) is 4.99. The summed E-state index contributed by atoms with van der Waals surface area (Å²) in [7, 11) is 0. The Morgan fingerprint density at radius 3 is 2.60 bits per heavy atom. The van der Waals surface area contributed by atoms with Gasteiger partial charge in [0.25, 0.3) is 0 Å². The molecule has 0 heteroatoms. The van der Waals surface area contributed by atoms with Crippen molar-refractivity contribution in [3.8, 4) is 0 Å².